The fourth-order valence-electron chi connectivity index (χ4n) is 1.81. The molecule has 1 aliphatic rings. The van der Waals surface area contributed by atoms with Crippen molar-refractivity contribution >= 4 is 23.0 Å². The molecule has 0 saturated carbocycles. The van der Waals surface area contributed by atoms with Gasteiger partial charge in [0.2, 0.25) is 0 Å². The third kappa shape index (κ3) is 5.82. The molecule has 1 aliphatic heterocycles. The van der Waals surface area contributed by atoms with Crippen LogP contribution in [0.4, 0.5) is 4.79 Å². The third-order valence-electron chi connectivity index (χ3n) is 2.89. The lowest BCUT2D eigenvalue weighted by Gasteiger charge is -2.38. The van der Waals surface area contributed by atoms with Crippen LogP contribution in [0.1, 0.15) is 40.5 Å². The van der Waals surface area contributed by atoms with Crippen LogP contribution >= 0.6 is 11.8 Å². The zero-order chi connectivity index (χ0) is 14.7. The average molecular weight is 289 g/mol. The van der Waals surface area contributed by atoms with Crippen molar-refractivity contribution < 1.29 is 19.4 Å². The summed E-state index contributed by atoms with van der Waals surface area (Å²) in [6.45, 7) is 7.90. The molecule has 0 aliphatic carbocycles. The molecule has 0 aromatic heterocycles. The minimum atomic E-state index is -0.852. The Morgan fingerprint density at radius 3 is 2.26 bits per heavy atom. The summed E-state index contributed by atoms with van der Waals surface area (Å²) in [4.78, 5) is 24.4. The van der Waals surface area contributed by atoms with Gasteiger partial charge in [0.05, 0.1) is 5.60 Å². The number of ether oxygens (including phenoxy) is 1. The molecular weight excluding hydrogens is 266 g/mol. The first-order chi connectivity index (χ1) is 8.61. The molecule has 1 saturated heterocycles. The highest BCUT2D eigenvalue weighted by Gasteiger charge is 2.35. The van der Waals surface area contributed by atoms with E-state index in [4.69, 9.17) is 4.74 Å². The second-order valence-corrected chi connectivity index (χ2v) is 7.12. The number of rotatable bonds is 2. The fourth-order valence-corrected chi connectivity index (χ4v) is 2.57. The number of nitrogens with zero attached hydrogens (tertiary/aromatic N) is 1. The van der Waals surface area contributed by atoms with Gasteiger partial charge in [0.25, 0.3) is 0 Å². The smallest absolute Gasteiger partial charge is 0.410 e. The molecule has 1 heterocycles. The molecule has 19 heavy (non-hydrogen) atoms. The van der Waals surface area contributed by atoms with Gasteiger partial charge in [-0.1, -0.05) is 11.8 Å². The molecule has 6 heteroatoms. The van der Waals surface area contributed by atoms with Gasteiger partial charge in [0, 0.05) is 25.8 Å². The molecule has 0 aromatic carbocycles. The Hall–Kier alpha value is -0.750. The van der Waals surface area contributed by atoms with Crippen molar-refractivity contribution in [2.75, 3.05) is 18.8 Å². The number of likely N-dealkylation sites (tertiary alicyclic amines) is 1. The van der Waals surface area contributed by atoms with Crippen molar-refractivity contribution in [3.05, 3.63) is 0 Å². The Balaban J connectivity index is 2.44. The largest absolute Gasteiger partial charge is 0.444 e. The van der Waals surface area contributed by atoms with E-state index in [0.29, 0.717) is 31.7 Å². The van der Waals surface area contributed by atoms with Crippen LogP contribution in [-0.4, -0.2) is 51.3 Å². The standard InChI is InChI=1S/C13H23NO4S/c1-10(15)19-9-13(17)5-7-14(8-6-13)11(16)18-12(2,3)4/h17H,5-9H2,1-4H3. The van der Waals surface area contributed by atoms with Crippen molar-refractivity contribution in [2.45, 2.75) is 51.7 Å². The number of amides is 1. The van der Waals surface area contributed by atoms with Crippen LogP contribution < -0.4 is 0 Å². The summed E-state index contributed by atoms with van der Waals surface area (Å²) >= 11 is 1.13. The molecule has 0 aromatic rings. The minimum absolute atomic E-state index is 0.00277. The molecule has 0 atom stereocenters. The number of piperidine rings is 1. The monoisotopic (exact) mass is 289 g/mol. The molecule has 1 fully saturated rings. The molecule has 5 nitrogen and oxygen atoms in total. The fraction of sp³-hybridized carbons (Fsp3) is 0.846. The minimum Gasteiger partial charge on any atom is -0.444 e. The van der Waals surface area contributed by atoms with Gasteiger partial charge in [-0.05, 0) is 33.6 Å². The number of aliphatic hydroxyl groups is 1. The van der Waals surface area contributed by atoms with E-state index in [-0.39, 0.29) is 11.2 Å². The van der Waals surface area contributed by atoms with Gasteiger partial charge in [-0.15, -0.1) is 0 Å². The van der Waals surface area contributed by atoms with E-state index < -0.39 is 11.2 Å². The Bertz CT molecular complexity index is 343. The average Bonchev–Trinajstić information content (AvgIpc) is 2.25. The molecule has 1 amide bonds. The van der Waals surface area contributed by atoms with E-state index in [1.54, 1.807) is 4.90 Å². The van der Waals surface area contributed by atoms with E-state index >= 15 is 0 Å². The summed E-state index contributed by atoms with van der Waals surface area (Å²) in [5.74, 6) is 0.393. The summed E-state index contributed by atoms with van der Waals surface area (Å²) in [5, 5.41) is 10.3. The van der Waals surface area contributed by atoms with Gasteiger partial charge in [0.15, 0.2) is 5.12 Å². The number of carbonyl (C=O) groups is 2. The maximum atomic E-state index is 11.9. The lowest BCUT2D eigenvalue weighted by Crippen LogP contribution is -2.49. The predicted molar refractivity (Wildman–Crippen MR) is 75.1 cm³/mol. The SMILES string of the molecule is CC(=O)SCC1(O)CCN(C(=O)OC(C)(C)C)CC1. The van der Waals surface area contributed by atoms with Gasteiger partial charge in [0.1, 0.15) is 5.60 Å². The lowest BCUT2D eigenvalue weighted by atomic mass is 9.94. The lowest BCUT2D eigenvalue weighted by molar-refractivity contribution is -0.109. The second kappa shape index (κ2) is 6.13. The van der Waals surface area contributed by atoms with Crippen molar-refractivity contribution in [2.24, 2.45) is 0 Å². The van der Waals surface area contributed by atoms with Gasteiger partial charge in [-0.25, -0.2) is 4.79 Å². The van der Waals surface area contributed by atoms with Crippen LogP contribution in [0.3, 0.4) is 0 Å². The highest BCUT2D eigenvalue weighted by Crippen LogP contribution is 2.27. The van der Waals surface area contributed by atoms with E-state index in [1.807, 2.05) is 20.8 Å². The third-order valence-corrected chi connectivity index (χ3v) is 3.98. The molecule has 0 spiro atoms. The Labute approximate surface area is 118 Å². The van der Waals surface area contributed by atoms with Crippen LogP contribution in [0.15, 0.2) is 0 Å². The number of thioether (sulfide) groups is 1. The molecule has 0 radical (unpaired) electrons. The molecule has 0 unspecified atom stereocenters. The highest BCUT2D eigenvalue weighted by molar-refractivity contribution is 8.13. The molecule has 0 bridgehead atoms. The predicted octanol–water partition coefficient (Wildman–Crippen LogP) is 2.03. The maximum Gasteiger partial charge on any atom is 0.410 e. The summed E-state index contributed by atoms with van der Waals surface area (Å²) in [6.07, 6.45) is 0.618. The van der Waals surface area contributed by atoms with Crippen LogP contribution in [0.5, 0.6) is 0 Å². The van der Waals surface area contributed by atoms with Gasteiger partial charge >= 0.3 is 6.09 Å². The second-order valence-electron chi connectivity index (χ2n) is 5.97. The van der Waals surface area contributed by atoms with E-state index in [9.17, 15) is 14.7 Å². The molecule has 110 valence electrons. The van der Waals surface area contributed by atoms with Crippen LogP contribution in [0.25, 0.3) is 0 Å². The number of hydrogen-bond donors (Lipinski definition) is 1. The zero-order valence-electron chi connectivity index (χ0n) is 12.1. The van der Waals surface area contributed by atoms with Gasteiger partial charge in [-0.2, -0.15) is 0 Å². The zero-order valence-corrected chi connectivity index (χ0v) is 12.9. The highest BCUT2D eigenvalue weighted by atomic mass is 32.2. The molecular formula is C13H23NO4S. The first kappa shape index (κ1) is 16.3. The Kier molecular flexibility index (Phi) is 5.26. The molecule has 1 rings (SSSR count). The van der Waals surface area contributed by atoms with Crippen molar-refractivity contribution in [3.8, 4) is 0 Å². The van der Waals surface area contributed by atoms with Crippen molar-refractivity contribution in [3.63, 3.8) is 0 Å². The van der Waals surface area contributed by atoms with Crippen molar-refractivity contribution in [1.82, 2.24) is 4.90 Å². The van der Waals surface area contributed by atoms with Gasteiger partial charge < -0.3 is 14.7 Å². The summed E-state index contributed by atoms with van der Waals surface area (Å²) in [6, 6.07) is 0. The Morgan fingerprint density at radius 2 is 1.84 bits per heavy atom. The van der Waals surface area contributed by atoms with Crippen LogP contribution in [0.2, 0.25) is 0 Å². The van der Waals surface area contributed by atoms with Gasteiger partial charge in [-0.3, -0.25) is 4.79 Å². The first-order valence-corrected chi connectivity index (χ1v) is 7.44. The van der Waals surface area contributed by atoms with Crippen LogP contribution in [0, 0.1) is 0 Å². The quantitative estimate of drug-likeness (QED) is 0.842. The van der Waals surface area contributed by atoms with E-state index in [2.05, 4.69) is 0 Å². The summed E-state index contributed by atoms with van der Waals surface area (Å²) < 4.78 is 5.29. The van der Waals surface area contributed by atoms with Crippen molar-refractivity contribution in [1.29, 1.82) is 0 Å². The van der Waals surface area contributed by atoms with E-state index in [1.165, 1.54) is 6.92 Å². The Morgan fingerprint density at radius 1 is 1.32 bits per heavy atom. The topological polar surface area (TPSA) is 66.8 Å². The molecule has 1 N–H and O–H groups in total. The van der Waals surface area contributed by atoms with E-state index in [0.717, 1.165) is 11.8 Å². The summed E-state index contributed by atoms with van der Waals surface area (Å²) in [7, 11) is 0. The first-order valence-electron chi connectivity index (χ1n) is 6.45. The number of carbonyl (C=O) groups excluding carboxylic acids is 2. The number of hydrogen-bond acceptors (Lipinski definition) is 5. The summed E-state index contributed by atoms with van der Waals surface area (Å²) in [5.41, 5.74) is -1.36. The normalized spacial score (nSPS) is 19.1. The van der Waals surface area contributed by atoms with Crippen LogP contribution in [-0.2, 0) is 9.53 Å². The maximum absolute atomic E-state index is 11.9.